The van der Waals surface area contributed by atoms with E-state index < -0.39 is 12.0 Å². The summed E-state index contributed by atoms with van der Waals surface area (Å²) in [7, 11) is 0. The van der Waals surface area contributed by atoms with Crippen LogP contribution in [0.25, 0.3) is 0 Å². The molecule has 0 bridgehead atoms. The van der Waals surface area contributed by atoms with Crippen LogP contribution >= 0.6 is 12.2 Å². The van der Waals surface area contributed by atoms with Gasteiger partial charge in [-0.15, -0.1) is 0 Å². The molecule has 0 spiro atoms. The fourth-order valence-electron chi connectivity index (χ4n) is 1.26. The fraction of sp³-hybridized carbons (Fsp3) is 0.200. The molecule has 0 fully saturated rings. The van der Waals surface area contributed by atoms with Crippen LogP contribution in [-0.2, 0) is 4.79 Å². The molecule has 0 aliphatic carbocycles. The van der Waals surface area contributed by atoms with Crippen LogP contribution in [-0.4, -0.2) is 23.8 Å². The number of para-hydroxylation sites is 2. The summed E-state index contributed by atoms with van der Waals surface area (Å²) in [6.07, 6.45) is -0.727. The van der Waals surface area contributed by atoms with Gasteiger partial charge >= 0.3 is 0 Å². The number of amides is 1. The Balaban J connectivity index is 2.18. The van der Waals surface area contributed by atoms with E-state index in [1.54, 1.807) is 18.2 Å². The van der Waals surface area contributed by atoms with Crippen molar-refractivity contribution in [3.05, 3.63) is 24.3 Å². The third-order valence-electron chi connectivity index (χ3n) is 1.94. The highest BCUT2D eigenvalue weighted by atomic mass is 32.1. The zero-order chi connectivity index (χ0) is 10.7. The van der Waals surface area contributed by atoms with Crippen LogP contribution in [0.2, 0.25) is 0 Å². The van der Waals surface area contributed by atoms with Crippen molar-refractivity contribution in [3.63, 3.8) is 0 Å². The Hall–Kier alpha value is -1.71. The maximum Gasteiger partial charge on any atom is 0.299 e. The predicted molar refractivity (Wildman–Crippen MR) is 56.4 cm³/mol. The Kier molecular flexibility index (Phi) is 2.76. The second-order valence-corrected chi connectivity index (χ2v) is 3.09. The number of ether oxygens (including phenoxy) is 2. The van der Waals surface area contributed by atoms with Crippen LogP contribution in [0.15, 0.2) is 29.3 Å². The van der Waals surface area contributed by atoms with Crippen molar-refractivity contribution in [2.45, 2.75) is 6.10 Å². The number of thiocarbonyl (C=S) groups is 1. The van der Waals surface area contributed by atoms with Crippen molar-refractivity contribution in [1.29, 1.82) is 0 Å². The number of hydrogen-bond donors (Lipinski definition) is 0. The first kappa shape index (κ1) is 9.83. The number of carbonyl (C=O) groups is 1. The molecule has 5 heteroatoms. The molecule has 1 aromatic carbocycles. The van der Waals surface area contributed by atoms with Crippen LogP contribution < -0.4 is 9.47 Å². The molecule has 0 saturated carbocycles. The van der Waals surface area contributed by atoms with E-state index in [0.29, 0.717) is 11.5 Å². The summed E-state index contributed by atoms with van der Waals surface area (Å²) in [6, 6.07) is 7.14. The van der Waals surface area contributed by atoms with E-state index in [1.807, 2.05) is 11.2 Å². The van der Waals surface area contributed by atoms with Gasteiger partial charge in [-0.1, -0.05) is 12.1 Å². The Morgan fingerprint density at radius 2 is 2.20 bits per heavy atom. The lowest BCUT2D eigenvalue weighted by molar-refractivity contribution is -0.126. The molecular formula is C10H7NO3S. The predicted octanol–water partition coefficient (Wildman–Crippen LogP) is 1.46. The maximum absolute atomic E-state index is 11.3. The van der Waals surface area contributed by atoms with Gasteiger partial charge in [-0.05, 0) is 24.4 Å². The van der Waals surface area contributed by atoms with E-state index in [0.717, 1.165) is 0 Å². The Morgan fingerprint density at radius 1 is 1.47 bits per heavy atom. The van der Waals surface area contributed by atoms with Crippen molar-refractivity contribution in [1.82, 2.24) is 0 Å². The molecule has 1 aliphatic heterocycles. The number of aliphatic imine (C=N–C) groups is 1. The largest absolute Gasteiger partial charge is 0.485 e. The van der Waals surface area contributed by atoms with Gasteiger partial charge in [0.25, 0.3) is 5.91 Å². The number of benzene rings is 1. The highest BCUT2D eigenvalue weighted by Gasteiger charge is 2.26. The summed E-state index contributed by atoms with van der Waals surface area (Å²) in [5.41, 5.74) is 0. The standard InChI is InChI=1S/C10H7NO3S/c12-10(11-6-15)9-5-13-7-3-1-2-4-8(7)14-9/h1-4,9H,5H2. The van der Waals surface area contributed by atoms with E-state index in [-0.39, 0.29) is 6.61 Å². The normalized spacial score (nSPS) is 17.7. The zero-order valence-corrected chi connectivity index (χ0v) is 8.49. The van der Waals surface area contributed by atoms with E-state index in [9.17, 15) is 4.79 Å². The molecule has 1 unspecified atom stereocenters. The van der Waals surface area contributed by atoms with Crippen molar-refractivity contribution < 1.29 is 14.3 Å². The molecule has 4 nitrogen and oxygen atoms in total. The van der Waals surface area contributed by atoms with Crippen molar-refractivity contribution in [2.24, 2.45) is 4.99 Å². The number of carbonyl (C=O) groups excluding carboxylic acids is 1. The summed E-state index contributed by atoms with van der Waals surface area (Å²) in [5.74, 6) is 0.703. The summed E-state index contributed by atoms with van der Waals surface area (Å²) in [4.78, 5) is 14.6. The molecule has 0 saturated heterocycles. The zero-order valence-electron chi connectivity index (χ0n) is 7.67. The van der Waals surface area contributed by atoms with E-state index in [2.05, 4.69) is 17.2 Å². The monoisotopic (exact) mass is 221 g/mol. The Labute approximate surface area is 91.5 Å². The van der Waals surface area contributed by atoms with Gasteiger partial charge in [-0.3, -0.25) is 4.79 Å². The highest BCUT2D eigenvalue weighted by Crippen LogP contribution is 2.30. The summed E-state index contributed by atoms with van der Waals surface area (Å²) >= 11 is 4.34. The maximum atomic E-state index is 11.3. The minimum Gasteiger partial charge on any atom is -0.485 e. The van der Waals surface area contributed by atoms with Gasteiger partial charge in [-0.25, -0.2) is 0 Å². The quantitative estimate of drug-likeness (QED) is 0.532. The molecule has 1 amide bonds. The second kappa shape index (κ2) is 4.21. The minimum absolute atomic E-state index is 0.149. The van der Waals surface area contributed by atoms with Crippen molar-refractivity contribution in [3.8, 4) is 11.5 Å². The fourth-order valence-corrected chi connectivity index (χ4v) is 1.35. The first-order valence-electron chi connectivity index (χ1n) is 4.31. The third-order valence-corrected chi connectivity index (χ3v) is 2.03. The lowest BCUT2D eigenvalue weighted by Crippen LogP contribution is -2.35. The molecule has 0 aromatic heterocycles. The van der Waals surface area contributed by atoms with Crippen molar-refractivity contribution in [2.75, 3.05) is 6.61 Å². The first-order valence-corrected chi connectivity index (χ1v) is 4.72. The number of hydrogen-bond acceptors (Lipinski definition) is 4. The van der Waals surface area contributed by atoms with E-state index in [1.165, 1.54) is 0 Å². The summed E-state index contributed by atoms with van der Waals surface area (Å²) in [5, 5.41) is 2.01. The smallest absolute Gasteiger partial charge is 0.299 e. The molecule has 1 aromatic rings. The summed E-state index contributed by atoms with van der Waals surface area (Å²) < 4.78 is 10.7. The average Bonchev–Trinajstić information content (AvgIpc) is 2.29. The number of rotatable bonds is 1. The van der Waals surface area contributed by atoms with Gasteiger partial charge in [-0.2, -0.15) is 4.99 Å². The van der Waals surface area contributed by atoms with Crippen molar-refractivity contribution >= 4 is 23.3 Å². The number of isothiocyanates is 1. The van der Waals surface area contributed by atoms with Crippen LogP contribution in [0.4, 0.5) is 0 Å². The summed E-state index contributed by atoms with van der Waals surface area (Å²) in [6.45, 7) is 0.149. The van der Waals surface area contributed by atoms with Gasteiger partial charge in [0, 0.05) is 0 Å². The van der Waals surface area contributed by atoms with Gasteiger partial charge in [0.15, 0.2) is 11.5 Å². The Morgan fingerprint density at radius 3 is 2.93 bits per heavy atom. The average molecular weight is 221 g/mol. The van der Waals surface area contributed by atoms with Crippen LogP contribution in [0.5, 0.6) is 11.5 Å². The van der Waals surface area contributed by atoms with Crippen LogP contribution in [0.3, 0.4) is 0 Å². The van der Waals surface area contributed by atoms with Gasteiger partial charge in [0.05, 0.1) is 5.16 Å². The molecule has 2 rings (SSSR count). The molecule has 1 atom stereocenters. The second-order valence-electron chi connectivity index (χ2n) is 2.91. The molecule has 1 heterocycles. The lowest BCUT2D eigenvalue weighted by atomic mass is 10.2. The minimum atomic E-state index is -0.727. The van der Waals surface area contributed by atoms with Gasteiger partial charge < -0.3 is 9.47 Å². The van der Waals surface area contributed by atoms with E-state index in [4.69, 9.17) is 9.47 Å². The molecule has 0 radical (unpaired) electrons. The number of nitrogens with zero attached hydrogens (tertiary/aromatic N) is 1. The van der Waals surface area contributed by atoms with Gasteiger partial charge in [0.2, 0.25) is 6.10 Å². The van der Waals surface area contributed by atoms with Crippen LogP contribution in [0.1, 0.15) is 0 Å². The van der Waals surface area contributed by atoms with Gasteiger partial charge in [0.1, 0.15) is 6.61 Å². The SMILES string of the molecule is O=C(N=C=S)C1COc2ccccc2O1. The topological polar surface area (TPSA) is 47.9 Å². The molecule has 1 aliphatic rings. The third kappa shape index (κ3) is 2.03. The Bertz CT molecular complexity index is 440. The molecule has 76 valence electrons. The molecule has 0 N–H and O–H groups in total. The van der Waals surface area contributed by atoms with E-state index >= 15 is 0 Å². The molecule has 15 heavy (non-hydrogen) atoms. The number of fused-ring (bicyclic) bond motifs is 1. The first-order chi connectivity index (χ1) is 7.31. The van der Waals surface area contributed by atoms with Crippen LogP contribution in [0, 0.1) is 0 Å². The lowest BCUT2D eigenvalue weighted by Gasteiger charge is -2.23. The molecular weight excluding hydrogens is 214 g/mol. The highest BCUT2D eigenvalue weighted by molar-refractivity contribution is 7.78.